The van der Waals surface area contributed by atoms with Gasteiger partial charge >= 0.3 is 6.03 Å². The second kappa shape index (κ2) is 6.00. The number of nitrogens with zero attached hydrogens (tertiary/aromatic N) is 2. The van der Waals surface area contributed by atoms with Crippen LogP contribution in [0.15, 0.2) is 4.52 Å². The molecule has 1 aromatic rings. The van der Waals surface area contributed by atoms with E-state index in [2.05, 4.69) is 27.7 Å². The lowest BCUT2D eigenvalue weighted by Crippen LogP contribution is -2.35. The van der Waals surface area contributed by atoms with Crippen molar-refractivity contribution in [2.24, 2.45) is 0 Å². The van der Waals surface area contributed by atoms with Crippen LogP contribution in [-0.2, 0) is 6.54 Å². The van der Waals surface area contributed by atoms with E-state index in [1.54, 1.807) is 6.92 Å². The summed E-state index contributed by atoms with van der Waals surface area (Å²) in [5.41, 5.74) is 0. The predicted molar refractivity (Wildman–Crippen MR) is 54.2 cm³/mol. The van der Waals surface area contributed by atoms with Crippen molar-refractivity contribution >= 4 is 6.03 Å². The summed E-state index contributed by atoms with van der Waals surface area (Å²) in [4.78, 5) is 15.1. The van der Waals surface area contributed by atoms with Gasteiger partial charge in [0.2, 0.25) is 5.89 Å². The lowest BCUT2D eigenvalue weighted by atomic mass is 10.3. The summed E-state index contributed by atoms with van der Waals surface area (Å²) in [6.45, 7) is 4.75. The number of aromatic nitrogens is 2. The highest BCUT2D eigenvalue weighted by atomic mass is 16.5. The lowest BCUT2D eigenvalue weighted by Gasteiger charge is -2.04. The van der Waals surface area contributed by atoms with Crippen LogP contribution in [-0.4, -0.2) is 22.7 Å². The topological polar surface area (TPSA) is 80.0 Å². The number of carbonyl (C=O) groups is 1. The first kappa shape index (κ1) is 11.5. The van der Waals surface area contributed by atoms with E-state index in [0.29, 0.717) is 18.3 Å². The van der Waals surface area contributed by atoms with Crippen molar-refractivity contribution in [2.45, 2.75) is 33.2 Å². The zero-order chi connectivity index (χ0) is 11.1. The Balaban J connectivity index is 2.16. The summed E-state index contributed by atoms with van der Waals surface area (Å²) >= 11 is 0. The Morgan fingerprint density at radius 3 is 2.87 bits per heavy atom. The Hall–Kier alpha value is -1.59. The van der Waals surface area contributed by atoms with Gasteiger partial charge in [-0.2, -0.15) is 4.98 Å². The van der Waals surface area contributed by atoms with E-state index >= 15 is 0 Å². The molecule has 1 rings (SSSR count). The maximum atomic E-state index is 11.2. The van der Waals surface area contributed by atoms with Crippen molar-refractivity contribution in [1.82, 2.24) is 20.8 Å². The third kappa shape index (κ3) is 4.44. The van der Waals surface area contributed by atoms with Gasteiger partial charge in [0.1, 0.15) is 0 Å². The number of urea groups is 1. The summed E-state index contributed by atoms with van der Waals surface area (Å²) in [6.07, 6.45) is 2.04. The van der Waals surface area contributed by atoms with Crippen molar-refractivity contribution < 1.29 is 9.32 Å². The molecular formula is C9H16N4O2. The van der Waals surface area contributed by atoms with E-state index < -0.39 is 0 Å². The molecule has 1 heterocycles. The second-order valence-electron chi connectivity index (χ2n) is 3.20. The average Bonchev–Trinajstić information content (AvgIpc) is 2.62. The SMILES string of the molecule is CCCCNC(=O)NCc1nc(C)no1. The minimum Gasteiger partial charge on any atom is -0.338 e. The Morgan fingerprint density at radius 2 is 2.27 bits per heavy atom. The highest BCUT2D eigenvalue weighted by Crippen LogP contribution is 1.94. The molecule has 0 unspecified atom stereocenters. The largest absolute Gasteiger partial charge is 0.338 e. The highest BCUT2D eigenvalue weighted by molar-refractivity contribution is 5.73. The summed E-state index contributed by atoms with van der Waals surface area (Å²) in [5, 5.41) is 8.96. The van der Waals surface area contributed by atoms with Crippen LogP contribution in [0.5, 0.6) is 0 Å². The van der Waals surface area contributed by atoms with Crippen molar-refractivity contribution in [2.75, 3.05) is 6.54 Å². The molecule has 0 aliphatic rings. The Morgan fingerprint density at radius 1 is 1.47 bits per heavy atom. The van der Waals surface area contributed by atoms with E-state index in [4.69, 9.17) is 4.52 Å². The molecule has 0 bridgehead atoms. The second-order valence-corrected chi connectivity index (χ2v) is 3.20. The maximum absolute atomic E-state index is 11.2. The van der Waals surface area contributed by atoms with E-state index in [0.717, 1.165) is 12.8 Å². The zero-order valence-electron chi connectivity index (χ0n) is 9.04. The standard InChI is InChI=1S/C9H16N4O2/c1-3-4-5-10-9(14)11-6-8-12-7(2)13-15-8/h3-6H2,1-2H3,(H2,10,11,14). The zero-order valence-corrected chi connectivity index (χ0v) is 9.04. The fourth-order valence-corrected chi connectivity index (χ4v) is 1.01. The van der Waals surface area contributed by atoms with Gasteiger partial charge in [0.15, 0.2) is 5.82 Å². The molecule has 0 saturated heterocycles. The smallest absolute Gasteiger partial charge is 0.315 e. The third-order valence-corrected chi connectivity index (χ3v) is 1.79. The van der Waals surface area contributed by atoms with Crippen LogP contribution in [0.1, 0.15) is 31.5 Å². The molecule has 6 nitrogen and oxygen atoms in total. The molecule has 0 spiro atoms. The van der Waals surface area contributed by atoms with Crippen molar-refractivity contribution in [3.05, 3.63) is 11.7 Å². The van der Waals surface area contributed by atoms with Gasteiger partial charge < -0.3 is 15.2 Å². The number of hydrogen-bond donors (Lipinski definition) is 2. The normalized spacial score (nSPS) is 10.0. The predicted octanol–water partition coefficient (Wildman–Crippen LogP) is 0.977. The minimum absolute atomic E-state index is 0.209. The Labute approximate surface area is 88.4 Å². The monoisotopic (exact) mass is 212 g/mol. The molecule has 1 aromatic heterocycles. The van der Waals surface area contributed by atoms with Gasteiger partial charge in [-0.3, -0.25) is 0 Å². The Kier molecular flexibility index (Phi) is 4.59. The maximum Gasteiger partial charge on any atom is 0.315 e. The van der Waals surface area contributed by atoms with Crippen LogP contribution < -0.4 is 10.6 Å². The Bertz CT molecular complexity index is 311. The lowest BCUT2D eigenvalue weighted by molar-refractivity contribution is 0.238. The number of unbranched alkanes of at least 4 members (excludes halogenated alkanes) is 1. The molecule has 0 atom stereocenters. The quantitative estimate of drug-likeness (QED) is 0.713. The minimum atomic E-state index is -0.209. The first-order chi connectivity index (χ1) is 7.22. The summed E-state index contributed by atoms with van der Waals surface area (Å²) in [5.74, 6) is 0.983. The van der Waals surface area contributed by atoms with Crippen LogP contribution in [0.3, 0.4) is 0 Å². The molecular weight excluding hydrogens is 196 g/mol. The number of carbonyl (C=O) groups excluding carboxylic acids is 1. The average molecular weight is 212 g/mol. The number of nitrogens with one attached hydrogen (secondary N) is 2. The van der Waals surface area contributed by atoms with Crippen molar-refractivity contribution in [3.8, 4) is 0 Å². The van der Waals surface area contributed by atoms with Crippen LogP contribution in [0, 0.1) is 6.92 Å². The molecule has 0 aliphatic heterocycles. The van der Waals surface area contributed by atoms with E-state index in [1.807, 2.05) is 0 Å². The van der Waals surface area contributed by atoms with E-state index in [-0.39, 0.29) is 12.6 Å². The molecule has 2 N–H and O–H groups in total. The van der Waals surface area contributed by atoms with Crippen molar-refractivity contribution in [1.29, 1.82) is 0 Å². The summed E-state index contributed by atoms with van der Waals surface area (Å²) in [7, 11) is 0. The van der Waals surface area contributed by atoms with Gasteiger partial charge in [-0.15, -0.1) is 0 Å². The van der Waals surface area contributed by atoms with E-state index in [1.165, 1.54) is 0 Å². The van der Waals surface area contributed by atoms with Crippen LogP contribution in [0.2, 0.25) is 0 Å². The van der Waals surface area contributed by atoms with Gasteiger partial charge in [0.05, 0.1) is 6.54 Å². The fourth-order valence-electron chi connectivity index (χ4n) is 1.01. The number of rotatable bonds is 5. The van der Waals surface area contributed by atoms with Gasteiger partial charge in [-0.05, 0) is 13.3 Å². The molecule has 0 aliphatic carbocycles. The molecule has 6 heteroatoms. The third-order valence-electron chi connectivity index (χ3n) is 1.79. The molecule has 84 valence electrons. The highest BCUT2D eigenvalue weighted by Gasteiger charge is 2.04. The molecule has 0 radical (unpaired) electrons. The van der Waals surface area contributed by atoms with Gasteiger partial charge in [-0.25, -0.2) is 4.79 Å². The van der Waals surface area contributed by atoms with Gasteiger partial charge in [-0.1, -0.05) is 18.5 Å². The number of aryl methyl sites for hydroxylation is 1. The molecule has 0 aromatic carbocycles. The van der Waals surface area contributed by atoms with Crippen LogP contribution in [0.25, 0.3) is 0 Å². The van der Waals surface area contributed by atoms with Crippen molar-refractivity contribution in [3.63, 3.8) is 0 Å². The summed E-state index contributed by atoms with van der Waals surface area (Å²) in [6, 6.07) is -0.209. The molecule has 2 amide bonds. The first-order valence-corrected chi connectivity index (χ1v) is 5.03. The number of hydrogen-bond acceptors (Lipinski definition) is 4. The first-order valence-electron chi connectivity index (χ1n) is 5.03. The van der Waals surface area contributed by atoms with Gasteiger partial charge in [0, 0.05) is 6.54 Å². The molecule has 15 heavy (non-hydrogen) atoms. The van der Waals surface area contributed by atoms with Crippen LogP contribution >= 0.6 is 0 Å². The molecule has 0 fully saturated rings. The van der Waals surface area contributed by atoms with Crippen LogP contribution in [0.4, 0.5) is 4.79 Å². The summed E-state index contributed by atoms with van der Waals surface area (Å²) < 4.78 is 4.84. The van der Waals surface area contributed by atoms with E-state index in [9.17, 15) is 4.79 Å². The van der Waals surface area contributed by atoms with Gasteiger partial charge in [0.25, 0.3) is 0 Å². The number of amides is 2. The molecule has 0 saturated carbocycles. The fraction of sp³-hybridized carbons (Fsp3) is 0.667.